The maximum absolute atomic E-state index is 10.1. The van der Waals surface area contributed by atoms with E-state index in [9.17, 15) is 5.11 Å². The molecule has 0 saturated heterocycles. The molecule has 1 N–H and O–H groups in total. The predicted molar refractivity (Wildman–Crippen MR) is 71.6 cm³/mol. The van der Waals surface area contributed by atoms with Gasteiger partial charge in [0.2, 0.25) is 0 Å². The fraction of sp³-hybridized carbons (Fsp3) is 0.600. The van der Waals surface area contributed by atoms with Crippen LogP contribution >= 0.6 is 0 Å². The van der Waals surface area contributed by atoms with Gasteiger partial charge in [-0.05, 0) is 35.6 Å². The molecule has 0 aliphatic carbocycles. The summed E-state index contributed by atoms with van der Waals surface area (Å²) in [6, 6.07) is 5.99. The molecule has 0 saturated carbocycles. The number of aliphatic hydroxyl groups excluding tert-OH is 1. The monoisotopic (exact) mass is 236 g/mol. The zero-order chi connectivity index (χ0) is 12.8. The van der Waals surface area contributed by atoms with Crippen molar-refractivity contribution < 1.29 is 9.84 Å². The Balaban J connectivity index is 2.91. The van der Waals surface area contributed by atoms with E-state index in [4.69, 9.17) is 4.74 Å². The number of aliphatic hydroxyl groups is 1. The number of methoxy groups -OCH3 is 1. The van der Waals surface area contributed by atoms with Crippen molar-refractivity contribution in [2.45, 2.75) is 52.1 Å². The number of hydrogen-bond acceptors (Lipinski definition) is 2. The first-order valence-electron chi connectivity index (χ1n) is 6.46. The highest BCUT2D eigenvalue weighted by Crippen LogP contribution is 2.30. The minimum atomic E-state index is -0.349. The van der Waals surface area contributed by atoms with Crippen LogP contribution < -0.4 is 4.74 Å². The molecule has 1 rings (SSSR count). The number of ether oxygens (including phenoxy) is 1. The molecule has 1 aromatic carbocycles. The number of benzene rings is 1. The van der Waals surface area contributed by atoms with E-state index in [0.29, 0.717) is 5.92 Å². The van der Waals surface area contributed by atoms with E-state index < -0.39 is 0 Å². The van der Waals surface area contributed by atoms with Crippen LogP contribution in [-0.4, -0.2) is 12.2 Å². The highest BCUT2D eigenvalue weighted by molar-refractivity contribution is 5.40. The lowest BCUT2D eigenvalue weighted by Crippen LogP contribution is -2.01. The standard InChI is InChI=1S/C15H24O2/c1-5-6-7-14(16)12-8-9-15(17-4)13(10-12)11(2)3/h8-11,14,16H,5-7H2,1-4H3. The van der Waals surface area contributed by atoms with Gasteiger partial charge in [0.05, 0.1) is 13.2 Å². The molecule has 17 heavy (non-hydrogen) atoms. The van der Waals surface area contributed by atoms with Gasteiger partial charge in [0.1, 0.15) is 5.75 Å². The molecule has 1 unspecified atom stereocenters. The van der Waals surface area contributed by atoms with Crippen molar-refractivity contribution in [2.24, 2.45) is 0 Å². The second-order valence-corrected chi connectivity index (χ2v) is 4.81. The van der Waals surface area contributed by atoms with E-state index in [1.165, 1.54) is 5.56 Å². The van der Waals surface area contributed by atoms with Gasteiger partial charge in [0.25, 0.3) is 0 Å². The summed E-state index contributed by atoms with van der Waals surface area (Å²) in [7, 11) is 1.69. The Hall–Kier alpha value is -1.02. The topological polar surface area (TPSA) is 29.5 Å². The Morgan fingerprint density at radius 1 is 1.29 bits per heavy atom. The summed E-state index contributed by atoms with van der Waals surface area (Å²) < 4.78 is 5.34. The molecule has 0 spiro atoms. The van der Waals surface area contributed by atoms with Crippen molar-refractivity contribution in [2.75, 3.05) is 7.11 Å². The van der Waals surface area contributed by atoms with Crippen LogP contribution in [0.5, 0.6) is 5.75 Å². The van der Waals surface area contributed by atoms with Crippen LogP contribution in [0.3, 0.4) is 0 Å². The molecule has 0 radical (unpaired) electrons. The zero-order valence-corrected chi connectivity index (χ0v) is 11.4. The van der Waals surface area contributed by atoms with Crippen molar-refractivity contribution in [3.8, 4) is 5.75 Å². The third-order valence-corrected chi connectivity index (χ3v) is 3.09. The maximum atomic E-state index is 10.1. The van der Waals surface area contributed by atoms with E-state index in [-0.39, 0.29) is 6.10 Å². The minimum Gasteiger partial charge on any atom is -0.496 e. The first-order valence-corrected chi connectivity index (χ1v) is 6.46. The highest BCUT2D eigenvalue weighted by atomic mass is 16.5. The summed E-state index contributed by atoms with van der Waals surface area (Å²) in [5.41, 5.74) is 2.17. The lowest BCUT2D eigenvalue weighted by atomic mass is 9.96. The Morgan fingerprint density at radius 3 is 2.53 bits per heavy atom. The van der Waals surface area contributed by atoms with E-state index in [2.05, 4.69) is 26.8 Å². The molecule has 0 aromatic heterocycles. The van der Waals surface area contributed by atoms with E-state index in [0.717, 1.165) is 30.6 Å². The molecule has 0 aliphatic heterocycles. The maximum Gasteiger partial charge on any atom is 0.122 e. The summed E-state index contributed by atoms with van der Waals surface area (Å²) >= 11 is 0. The Morgan fingerprint density at radius 2 is 2.00 bits per heavy atom. The molecule has 1 aromatic rings. The summed E-state index contributed by atoms with van der Waals surface area (Å²) in [6.45, 7) is 6.42. The van der Waals surface area contributed by atoms with Gasteiger partial charge in [0, 0.05) is 0 Å². The largest absolute Gasteiger partial charge is 0.496 e. The van der Waals surface area contributed by atoms with Crippen LogP contribution in [0.15, 0.2) is 18.2 Å². The summed E-state index contributed by atoms with van der Waals surface area (Å²) in [4.78, 5) is 0. The Bertz CT molecular complexity index is 345. The molecule has 1 atom stereocenters. The highest BCUT2D eigenvalue weighted by Gasteiger charge is 2.12. The third kappa shape index (κ3) is 3.74. The summed E-state index contributed by atoms with van der Waals surface area (Å²) in [6.07, 6.45) is 2.66. The van der Waals surface area contributed by atoms with Crippen molar-refractivity contribution in [3.05, 3.63) is 29.3 Å². The molecule has 0 aliphatic rings. The molecule has 0 amide bonds. The van der Waals surface area contributed by atoms with E-state index >= 15 is 0 Å². The molecule has 0 heterocycles. The van der Waals surface area contributed by atoms with Crippen LogP contribution in [0, 0.1) is 0 Å². The fourth-order valence-corrected chi connectivity index (χ4v) is 1.98. The molecule has 0 fully saturated rings. The van der Waals surface area contributed by atoms with Crippen LogP contribution in [0.1, 0.15) is 63.2 Å². The van der Waals surface area contributed by atoms with Gasteiger partial charge in [-0.1, -0.05) is 39.7 Å². The minimum absolute atomic E-state index is 0.349. The van der Waals surface area contributed by atoms with Crippen molar-refractivity contribution in [1.82, 2.24) is 0 Å². The van der Waals surface area contributed by atoms with Gasteiger partial charge in [-0.25, -0.2) is 0 Å². The molecular formula is C15H24O2. The molecule has 96 valence electrons. The first-order chi connectivity index (χ1) is 8.10. The number of hydrogen-bond donors (Lipinski definition) is 1. The Kier molecular flexibility index (Phi) is 5.49. The number of unbranched alkanes of at least 4 members (excludes halogenated alkanes) is 1. The molecule has 0 bridgehead atoms. The average Bonchev–Trinajstić information content (AvgIpc) is 2.34. The lowest BCUT2D eigenvalue weighted by Gasteiger charge is -2.16. The molecular weight excluding hydrogens is 212 g/mol. The van der Waals surface area contributed by atoms with Crippen LogP contribution in [-0.2, 0) is 0 Å². The molecule has 2 nitrogen and oxygen atoms in total. The van der Waals surface area contributed by atoms with Gasteiger partial charge < -0.3 is 9.84 Å². The second kappa shape index (κ2) is 6.65. The Labute approximate surface area is 105 Å². The number of rotatable bonds is 6. The van der Waals surface area contributed by atoms with Gasteiger partial charge in [-0.15, -0.1) is 0 Å². The van der Waals surface area contributed by atoms with Crippen LogP contribution in [0.2, 0.25) is 0 Å². The molecule has 2 heteroatoms. The zero-order valence-electron chi connectivity index (χ0n) is 11.4. The van der Waals surface area contributed by atoms with Crippen molar-refractivity contribution in [1.29, 1.82) is 0 Å². The van der Waals surface area contributed by atoms with Gasteiger partial charge in [0.15, 0.2) is 0 Å². The average molecular weight is 236 g/mol. The SMILES string of the molecule is CCCCC(O)c1ccc(OC)c(C(C)C)c1. The normalized spacial score (nSPS) is 12.8. The third-order valence-electron chi connectivity index (χ3n) is 3.09. The van der Waals surface area contributed by atoms with Gasteiger partial charge in [-0.2, -0.15) is 0 Å². The fourth-order valence-electron chi connectivity index (χ4n) is 1.98. The van der Waals surface area contributed by atoms with Crippen molar-refractivity contribution >= 4 is 0 Å². The lowest BCUT2D eigenvalue weighted by molar-refractivity contribution is 0.164. The first kappa shape index (κ1) is 14.0. The second-order valence-electron chi connectivity index (χ2n) is 4.81. The van der Waals surface area contributed by atoms with Crippen LogP contribution in [0.25, 0.3) is 0 Å². The smallest absolute Gasteiger partial charge is 0.122 e. The van der Waals surface area contributed by atoms with E-state index in [1.807, 2.05) is 12.1 Å². The van der Waals surface area contributed by atoms with Gasteiger partial charge >= 0.3 is 0 Å². The van der Waals surface area contributed by atoms with Gasteiger partial charge in [-0.3, -0.25) is 0 Å². The predicted octanol–water partition coefficient (Wildman–Crippen LogP) is 4.04. The van der Waals surface area contributed by atoms with E-state index in [1.54, 1.807) is 7.11 Å². The van der Waals surface area contributed by atoms with Crippen molar-refractivity contribution in [3.63, 3.8) is 0 Å². The quantitative estimate of drug-likeness (QED) is 0.807. The summed E-state index contributed by atoms with van der Waals surface area (Å²) in [5, 5.41) is 10.1. The van der Waals surface area contributed by atoms with Crippen LogP contribution in [0.4, 0.5) is 0 Å². The summed E-state index contributed by atoms with van der Waals surface area (Å²) in [5.74, 6) is 1.31.